The van der Waals surface area contributed by atoms with Crippen LogP contribution < -0.4 is 5.32 Å². The van der Waals surface area contributed by atoms with Crippen LogP contribution in [0.3, 0.4) is 0 Å². The predicted molar refractivity (Wildman–Crippen MR) is 107 cm³/mol. The molecule has 0 aliphatic heterocycles. The molecule has 1 aromatic carbocycles. The number of carbonyl (C=O) groups excluding carboxylic acids is 1. The SMILES string of the molecule is CCOC(=O)c1nc(Nc2ccc(Br)cc2)c2c3c(sc2n1)CCCC3. The Morgan fingerprint density at radius 2 is 2.00 bits per heavy atom. The minimum Gasteiger partial charge on any atom is -0.460 e. The first-order valence-electron chi connectivity index (χ1n) is 8.67. The highest BCUT2D eigenvalue weighted by Gasteiger charge is 2.23. The fraction of sp³-hybridized carbons (Fsp3) is 0.316. The molecule has 3 aromatic rings. The molecule has 0 radical (unpaired) electrons. The van der Waals surface area contributed by atoms with Crippen molar-refractivity contribution in [1.29, 1.82) is 0 Å². The van der Waals surface area contributed by atoms with Crippen LogP contribution in [-0.2, 0) is 17.6 Å². The van der Waals surface area contributed by atoms with E-state index in [-0.39, 0.29) is 5.82 Å². The second kappa shape index (κ2) is 7.32. The van der Waals surface area contributed by atoms with Gasteiger partial charge in [0, 0.05) is 15.0 Å². The molecule has 0 atom stereocenters. The minimum atomic E-state index is -0.486. The van der Waals surface area contributed by atoms with Crippen molar-refractivity contribution in [3.05, 3.63) is 45.0 Å². The van der Waals surface area contributed by atoms with Gasteiger partial charge in [0.15, 0.2) is 0 Å². The quantitative estimate of drug-likeness (QED) is 0.571. The third-order valence-electron chi connectivity index (χ3n) is 4.38. The van der Waals surface area contributed by atoms with E-state index in [9.17, 15) is 4.79 Å². The van der Waals surface area contributed by atoms with Gasteiger partial charge in [-0.3, -0.25) is 0 Å². The Hall–Kier alpha value is -1.99. The van der Waals surface area contributed by atoms with Crippen LogP contribution in [0.2, 0.25) is 0 Å². The number of halogens is 1. The standard InChI is InChI=1S/C19H18BrN3O2S/c1-2-25-19(24)17-22-16(21-12-9-7-11(20)8-10-12)15-13-5-3-4-6-14(13)26-18(15)23-17/h7-10H,2-6H2,1H3,(H,21,22,23). The number of hydrogen-bond donors (Lipinski definition) is 1. The maximum absolute atomic E-state index is 12.2. The zero-order chi connectivity index (χ0) is 18.1. The first-order chi connectivity index (χ1) is 12.7. The summed E-state index contributed by atoms with van der Waals surface area (Å²) < 4.78 is 6.12. The molecule has 5 nitrogen and oxygen atoms in total. The lowest BCUT2D eigenvalue weighted by atomic mass is 9.97. The zero-order valence-electron chi connectivity index (χ0n) is 14.3. The highest BCUT2D eigenvalue weighted by Crippen LogP contribution is 2.39. The third-order valence-corrected chi connectivity index (χ3v) is 6.09. The molecule has 26 heavy (non-hydrogen) atoms. The summed E-state index contributed by atoms with van der Waals surface area (Å²) in [4.78, 5) is 23.4. The molecule has 7 heteroatoms. The van der Waals surface area contributed by atoms with Gasteiger partial charge < -0.3 is 10.1 Å². The Labute approximate surface area is 163 Å². The highest BCUT2D eigenvalue weighted by molar-refractivity contribution is 9.10. The van der Waals surface area contributed by atoms with Gasteiger partial charge in [-0.15, -0.1) is 11.3 Å². The van der Waals surface area contributed by atoms with E-state index in [1.54, 1.807) is 18.3 Å². The van der Waals surface area contributed by atoms with Gasteiger partial charge in [-0.05, 0) is 62.4 Å². The summed E-state index contributed by atoms with van der Waals surface area (Å²) in [6, 6.07) is 7.88. The Kier molecular flexibility index (Phi) is 4.91. The molecule has 1 N–H and O–H groups in total. The van der Waals surface area contributed by atoms with Gasteiger partial charge in [-0.25, -0.2) is 14.8 Å². The fourth-order valence-corrected chi connectivity index (χ4v) is 4.73. The minimum absolute atomic E-state index is 0.109. The average molecular weight is 432 g/mol. The molecule has 134 valence electrons. The summed E-state index contributed by atoms with van der Waals surface area (Å²) in [6.45, 7) is 2.08. The van der Waals surface area contributed by atoms with Gasteiger partial charge in [-0.2, -0.15) is 0 Å². The Bertz CT molecular complexity index is 969. The summed E-state index contributed by atoms with van der Waals surface area (Å²) in [5, 5.41) is 4.42. The van der Waals surface area contributed by atoms with E-state index in [1.165, 1.54) is 23.3 Å². The molecule has 0 spiro atoms. The predicted octanol–water partition coefficient (Wildman–Crippen LogP) is 5.25. The van der Waals surface area contributed by atoms with Gasteiger partial charge in [0.2, 0.25) is 5.82 Å². The lowest BCUT2D eigenvalue weighted by Gasteiger charge is -2.13. The number of esters is 1. The molecule has 0 bridgehead atoms. The van der Waals surface area contributed by atoms with Gasteiger partial charge in [0.05, 0.1) is 12.0 Å². The molecular formula is C19H18BrN3O2S. The molecule has 0 unspecified atom stereocenters. The van der Waals surface area contributed by atoms with E-state index >= 15 is 0 Å². The molecular weight excluding hydrogens is 414 g/mol. The van der Waals surface area contributed by atoms with Crippen molar-refractivity contribution in [3.8, 4) is 0 Å². The second-order valence-corrected chi connectivity index (χ2v) is 8.14. The molecule has 0 amide bonds. The van der Waals surface area contributed by atoms with Gasteiger partial charge >= 0.3 is 5.97 Å². The summed E-state index contributed by atoms with van der Waals surface area (Å²) in [6.07, 6.45) is 4.49. The molecule has 0 saturated heterocycles. The number of benzene rings is 1. The highest BCUT2D eigenvalue weighted by atomic mass is 79.9. The van der Waals surface area contributed by atoms with Crippen LogP contribution in [0.5, 0.6) is 0 Å². The number of nitrogens with one attached hydrogen (secondary N) is 1. The largest absolute Gasteiger partial charge is 0.460 e. The van der Waals surface area contributed by atoms with E-state index in [1.807, 2.05) is 24.3 Å². The maximum atomic E-state index is 12.2. The number of carbonyl (C=O) groups is 1. The molecule has 2 aromatic heterocycles. The van der Waals surface area contributed by atoms with Gasteiger partial charge in [0.25, 0.3) is 0 Å². The number of fused-ring (bicyclic) bond motifs is 3. The number of aromatic nitrogens is 2. The van der Waals surface area contributed by atoms with Crippen LogP contribution in [0.1, 0.15) is 40.8 Å². The number of aryl methyl sites for hydroxylation is 2. The first-order valence-corrected chi connectivity index (χ1v) is 10.3. The lowest BCUT2D eigenvalue weighted by Crippen LogP contribution is -2.11. The van der Waals surface area contributed by atoms with E-state index < -0.39 is 5.97 Å². The topological polar surface area (TPSA) is 64.1 Å². The van der Waals surface area contributed by atoms with Crippen LogP contribution in [0.25, 0.3) is 10.2 Å². The molecule has 0 saturated carbocycles. The Balaban J connectivity index is 1.84. The van der Waals surface area contributed by atoms with Crippen LogP contribution in [0, 0.1) is 0 Å². The number of nitrogens with zero attached hydrogens (tertiary/aromatic N) is 2. The van der Waals surface area contributed by atoms with E-state index in [0.29, 0.717) is 12.4 Å². The number of ether oxygens (including phenoxy) is 1. The van der Waals surface area contributed by atoms with Crippen molar-refractivity contribution in [2.75, 3.05) is 11.9 Å². The molecule has 2 heterocycles. The number of rotatable bonds is 4. The Morgan fingerprint density at radius 1 is 1.23 bits per heavy atom. The summed E-state index contributed by atoms with van der Waals surface area (Å²) >= 11 is 5.12. The average Bonchev–Trinajstić information content (AvgIpc) is 3.02. The number of thiophene rings is 1. The van der Waals surface area contributed by atoms with Crippen molar-refractivity contribution in [2.45, 2.75) is 32.6 Å². The number of hydrogen-bond acceptors (Lipinski definition) is 6. The van der Waals surface area contributed by atoms with Crippen molar-refractivity contribution >= 4 is 55.0 Å². The second-order valence-electron chi connectivity index (χ2n) is 6.14. The van der Waals surface area contributed by atoms with Crippen molar-refractivity contribution in [3.63, 3.8) is 0 Å². The smallest absolute Gasteiger partial charge is 0.376 e. The summed E-state index contributed by atoms with van der Waals surface area (Å²) in [5.74, 6) is 0.303. The van der Waals surface area contributed by atoms with E-state index in [0.717, 1.165) is 33.2 Å². The van der Waals surface area contributed by atoms with Crippen molar-refractivity contribution in [2.24, 2.45) is 0 Å². The van der Waals surface area contributed by atoms with Crippen molar-refractivity contribution in [1.82, 2.24) is 9.97 Å². The van der Waals surface area contributed by atoms with E-state index in [4.69, 9.17) is 4.74 Å². The summed E-state index contributed by atoms with van der Waals surface area (Å²) in [7, 11) is 0. The number of anilines is 2. The lowest BCUT2D eigenvalue weighted by molar-refractivity contribution is 0.0512. The summed E-state index contributed by atoms with van der Waals surface area (Å²) in [5.41, 5.74) is 2.24. The van der Waals surface area contributed by atoms with Crippen LogP contribution in [0.4, 0.5) is 11.5 Å². The van der Waals surface area contributed by atoms with Gasteiger partial charge in [-0.1, -0.05) is 15.9 Å². The third kappa shape index (κ3) is 3.33. The van der Waals surface area contributed by atoms with Crippen LogP contribution in [0.15, 0.2) is 28.7 Å². The van der Waals surface area contributed by atoms with Crippen LogP contribution >= 0.6 is 27.3 Å². The van der Waals surface area contributed by atoms with Crippen LogP contribution in [-0.4, -0.2) is 22.5 Å². The first kappa shape index (κ1) is 17.4. The molecule has 1 aliphatic carbocycles. The zero-order valence-corrected chi connectivity index (χ0v) is 16.7. The molecule has 1 aliphatic rings. The Morgan fingerprint density at radius 3 is 2.77 bits per heavy atom. The van der Waals surface area contributed by atoms with Crippen molar-refractivity contribution < 1.29 is 9.53 Å². The molecule has 0 fully saturated rings. The monoisotopic (exact) mass is 431 g/mol. The maximum Gasteiger partial charge on any atom is 0.376 e. The van der Waals surface area contributed by atoms with E-state index in [2.05, 4.69) is 31.2 Å². The molecule has 4 rings (SSSR count). The fourth-order valence-electron chi connectivity index (χ4n) is 3.20. The normalized spacial score (nSPS) is 13.5. The van der Waals surface area contributed by atoms with Gasteiger partial charge in [0.1, 0.15) is 10.6 Å².